The van der Waals surface area contributed by atoms with Crippen LogP contribution in [0.5, 0.6) is 0 Å². The summed E-state index contributed by atoms with van der Waals surface area (Å²) in [4.78, 5) is 12.0. The van der Waals surface area contributed by atoms with Gasteiger partial charge in [-0.2, -0.15) is 0 Å². The third-order valence-electron chi connectivity index (χ3n) is 3.47. The Morgan fingerprint density at radius 2 is 1.73 bits per heavy atom. The lowest BCUT2D eigenvalue weighted by molar-refractivity contribution is -0.122. The Morgan fingerprint density at radius 3 is 2.41 bits per heavy atom. The van der Waals surface area contributed by atoms with E-state index in [9.17, 15) is 4.79 Å². The molecule has 116 valence electrons. The van der Waals surface area contributed by atoms with Gasteiger partial charge < -0.3 is 16.4 Å². The number of carbonyl (C=O) groups excluding carboxylic acids is 1. The first-order chi connectivity index (χ1) is 10.7. The maximum atomic E-state index is 12.0. The molecule has 0 radical (unpaired) electrons. The average molecular weight is 297 g/mol. The molecule has 0 fully saturated rings. The lowest BCUT2D eigenvalue weighted by Crippen LogP contribution is -2.35. The fourth-order valence-corrected chi connectivity index (χ4v) is 2.12. The van der Waals surface area contributed by atoms with Crippen LogP contribution in [0.15, 0.2) is 54.6 Å². The highest BCUT2D eigenvalue weighted by atomic mass is 16.2. The summed E-state index contributed by atoms with van der Waals surface area (Å²) in [7, 11) is 0. The number of rotatable bonds is 7. The van der Waals surface area contributed by atoms with Crippen LogP contribution in [0.2, 0.25) is 0 Å². The van der Waals surface area contributed by atoms with Crippen molar-refractivity contribution in [2.75, 3.05) is 18.4 Å². The molecule has 0 saturated carbocycles. The first-order valence-electron chi connectivity index (χ1n) is 7.55. The van der Waals surface area contributed by atoms with Crippen LogP contribution in [0.1, 0.15) is 23.6 Å². The number of para-hydroxylation sites is 1. The molecule has 0 heterocycles. The fraction of sp³-hybridized carbons (Fsp3) is 0.278. The van der Waals surface area contributed by atoms with Gasteiger partial charge in [-0.3, -0.25) is 4.79 Å². The number of aryl methyl sites for hydroxylation is 1. The van der Waals surface area contributed by atoms with Gasteiger partial charge in [-0.25, -0.2) is 0 Å². The van der Waals surface area contributed by atoms with Gasteiger partial charge in [0.25, 0.3) is 0 Å². The lowest BCUT2D eigenvalue weighted by atomic mass is 10.1. The second kappa shape index (κ2) is 8.20. The molecule has 4 nitrogen and oxygen atoms in total. The molecular weight excluding hydrogens is 274 g/mol. The predicted molar refractivity (Wildman–Crippen MR) is 90.7 cm³/mol. The zero-order valence-electron chi connectivity index (χ0n) is 12.9. The number of hydrogen-bond donors (Lipinski definition) is 3. The third-order valence-corrected chi connectivity index (χ3v) is 3.47. The van der Waals surface area contributed by atoms with Gasteiger partial charge in [0.05, 0.1) is 0 Å². The van der Waals surface area contributed by atoms with Gasteiger partial charge in [-0.1, -0.05) is 48.0 Å². The highest BCUT2D eigenvalue weighted by molar-refractivity contribution is 5.82. The molecule has 1 unspecified atom stereocenters. The maximum absolute atomic E-state index is 12.0. The Bertz CT molecular complexity index is 581. The van der Waals surface area contributed by atoms with Crippen molar-refractivity contribution in [3.8, 4) is 0 Å². The Balaban J connectivity index is 1.68. The Hall–Kier alpha value is -2.33. The summed E-state index contributed by atoms with van der Waals surface area (Å²) in [6.45, 7) is 3.43. The maximum Gasteiger partial charge on any atom is 0.241 e. The van der Waals surface area contributed by atoms with E-state index < -0.39 is 6.04 Å². The van der Waals surface area contributed by atoms with Crippen molar-refractivity contribution in [2.45, 2.75) is 19.4 Å². The molecule has 0 spiro atoms. The van der Waals surface area contributed by atoms with Crippen molar-refractivity contribution < 1.29 is 4.79 Å². The summed E-state index contributed by atoms with van der Waals surface area (Å²) in [6.07, 6.45) is 0.848. The van der Waals surface area contributed by atoms with E-state index in [0.717, 1.165) is 29.8 Å². The number of carbonyl (C=O) groups is 1. The monoisotopic (exact) mass is 297 g/mol. The molecule has 0 aliphatic heterocycles. The van der Waals surface area contributed by atoms with Crippen LogP contribution in [-0.2, 0) is 4.79 Å². The number of anilines is 1. The Kier molecular flexibility index (Phi) is 5.98. The summed E-state index contributed by atoms with van der Waals surface area (Å²) in [5.74, 6) is -0.136. The smallest absolute Gasteiger partial charge is 0.241 e. The van der Waals surface area contributed by atoms with E-state index in [1.54, 1.807) is 0 Å². The fourth-order valence-electron chi connectivity index (χ4n) is 2.12. The summed E-state index contributed by atoms with van der Waals surface area (Å²) in [5.41, 5.74) is 9.05. The van der Waals surface area contributed by atoms with Crippen LogP contribution in [0.3, 0.4) is 0 Å². The van der Waals surface area contributed by atoms with Crippen LogP contribution in [0.4, 0.5) is 5.69 Å². The molecule has 0 saturated heterocycles. The minimum Gasteiger partial charge on any atom is -0.385 e. The zero-order valence-corrected chi connectivity index (χ0v) is 12.9. The minimum atomic E-state index is -0.609. The number of nitrogens with two attached hydrogens (primary N) is 1. The molecule has 0 bridgehead atoms. The molecule has 2 rings (SSSR count). The molecule has 4 heteroatoms. The van der Waals surface area contributed by atoms with Crippen LogP contribution in [0, 0.1) is 6.92 Å². The number of nitrogens with one attached hydrogen (secondary N) is 2. The third kappa shape index (κ3) is 4.90. The first kappa shape index (κ1) is 16.0. The quantitative estimate of drug-likeness (QED) is 0.688. The molecule has 1 amide bonds. The van der Waals surface area contributed by atoms with E-state index in [-0.39, 0.29) is 5.91 Å². The van der Waals surface area contributed by atoms with E-state index in [0.29, 0.717) is 6.54 Å². The molecular formula is C18H23N3O. The van der Waals surface area contributed by atoms with Gasteiger partial charge >= 0.3 is 0 Å². The molecule has 0 aliphatic carbocycles. The number of amides is 1. The lowest BCUT2D eigenvalue weighted by Gasteiger charge is -2.13. The summed E-state index contributed by atoms with van der Waals surface area (Å²) < 4.78 is 0. The SMILES string of the molecule is Cc1ccc(C(N)C(=O)NCCCNc2ccccc2)cc1. The molecule has 2 aromatic rings. The molecule has 4 N–H and O–H groups in total. The second-order valence-electron chi connectivity index (χ2n) is 5.33. The van der Waals surface area contributed by atoms with Gasteiger partial charge in [0.2, 0.25) is 5.91 Å². The second-order valence-corrected chi connectivity index (χ2v) is 5.33. The summed E-state index contributed by atoms with van der Waals surface area (Å²) >= 11 is 0. The van der Waals surface area contributed by atoms with Gasteiger partial charge in [0.15, 0.2) is 0 Å². The standard InChI is InChI=1S/C18H23N3O/c1-14-8-10-15(11-9-14)17(19)18(22)21-13-5-12-20-16-6-3-2-4-7-16/h2-4,6-11,17,20H,5,12-13,19H2,1H3,(H,21,22). The zero-order chi connectivity index (χ0) is 15.8. The predicted octanol–water partition coefficient (Wildman–Crippen LogP) is 2.61. The van der Waals surface area contributed by atoms with E-state index in [1.807, 2.05) is 61.5 Å². The largest absolute Gasteiger partial charge is 0.385 e. The molecule has 0 aliphatic rings. The molecule has 2 aromatic carbocycles. The molecule has 22 heavy (non-hydrogen) atoms. The molecule has 1 atom stereocenters. The first-order valence-corrected chi connectivity index (χ1v) is 7.55. The van der Waals surface area contributed by atoms with Crippen molar-refractivity contribution in [3.63, 3.8) is 0 Å². The van der Waals surface area contributed by atoms with Gasteiger partial charge in [-0.15, -0.1) is 0 Å². The highest BCUT2D eigenvalue weighted by Crippen LogP contribution is 2.11. The van der Waals surface area contributed by atoms with E-state index in [1.165, 1.54) is 0 Å². The summed E-state index contributed by atoms with van der Waals surface area (Å²) in [5, 5.41) is 6.18. The van der Waals surface area contributed by atoms with Crippen molar-refractivity contribution >= 4 is 11.6 Å². The van der Waals surface area contributed by atoms with E-state index in [4.69, 9.17) is 5.73 Å². The van der Waals surface area contributed by atoms with Crippen LogP contribution < -0.4 is 16.4 Å². The topological polar surface area (TPSA) is 67.2 Å². The minimum absolute atomic E-state index is 0.136. The average Bonchev–Trinajstić information content (AvgIpc) is 2.55. The number of benzene rings is 2. The van der Waals surface area contributed by atoms with Crippen molar-refractivity contribution in [2.24, 2.45) is 5.73 Å². The van der Waals surface area contributed by atoms with Crippen molar-refractivity contribution in [3.05, 3.63) is 65.7 Å². The van der Waals surface area contributed by atoms with Crippen molar-refractivity contribution in [1.29, 1.82) is 0 Å². The van der Waals surface area contributed by atoms with E-state index in [2.05, 4.69) is 10.6 Å². The van der Waals surface area contributed by atoms with Gasteiger partial charge in [0.1, 0.15) is 6.04 Å². The Labute approximate surface area is 131 Å². The number of hydrogen-bond acceptors (Lipinski definition) is 3. The summed E-state index contributed by atoms with van der Waals surface area (Å²) in [6, 6.07) is 17.1. The van der Waals surface area contributed by atoms with Crippen LogP contribution >= 0.6 is 0 Å². The normalized spacial score (nSPS) is 11.7. The highest BCUT2D eigenvalue weighted by Gasteiger charge is 2.14. The molecule has 0 aromatic heterocycles. The van der Waals surface area contributed by atoms with Crippen LogP contribution in [-0.4, -0.2) is 19.0 Å². The van der Waals surface area contributed by atoms with E-state index >= 15 is 0 Å². The van der Waals surface area contributed by atoms with Gasteiger partial charge in [-0.05, 0) is 31.0 Å². The van der Waals surface area contributed by atoms with Crippen LogP contribution in [0.25, 0.3) is 0 Å². The van der Waals surface area contributed by atoms with Crippen molar-refractivity contribution in [1.82, 2.24) is 5.32 Å². The van der Waals surface area contributed by atoms with Gasteiger partial charge in [0, 0.05) is 18.8 Å². The Morgan fingerprint density at radius 1 is 1.05 bits per heavy atom.